The molecule has 0 saturated carbocycles. The molecule has 0 aromatic heterocycles. The zero-order valence-electron chi connectivity index (χ0n) is 11.3. The van der Waals surface area contributed by atoms with E-state index in [2.05, 4.69) is 0 Å². The van der Waals surface area contributed by atoms with Gasteiger partial charge in [-0.2, -0.15) is 0 Å². The van der Waals surface area contributed by atoms with E-state index in [1.165, 1.54) is 0 Å². The highest BCUT2D eigenvalue weighted by Gasteiger charge is 2.25. The molecule has 0 saturated heterocycles. The summed E-state index contributed by atoms with van der Waals surface area (Å²) in [5.74, 6) is -0.0437. The predicted octanol–water partition coefficient (Wildman–Crippen LogP) is 2.95. The Balaban J connectivity index is 2.11. The van der Waals surface area contributed by atoms with Gasteiger partial charge in [-0.05, 0) is 59.2 Å². The predicted molar refractivity (Wildman–Crippen MR) is 80.9 cm³/mol. The van der Waals surface area contributed by atoms with Gasteiger partial charge in [0, 0.05) is 19.0 Å². The standard InChI is InChI=1S/C16H16ClNO3/c17-18-6-5-11-7-15(20)16(21)8-13(11)14(9-18)10-1-3-12(19)4-2-10/h1-4,7-8,14,19-21H,5-6,9H2. The minimum Gasteiger partial charge on any atom is -0.508 e. The van der Waals surface area contributed by atoms with Crippen LogP contribution in [0.2, 0.25) is 0 Å². The van der Waals surface area contributed by atoms with E-state index in [9.17, 15) is 15.3 Å². The van der Waals surface area contributed by atoms with Gasteiger partial charge in [-0.1, -0.05) is 12.1 Å². The molecule has 1 heterocycles. The second-order valence-corrected chi connectivity index (χ2v) is 5.78. The number of phenolic OH excluding ortho intramolecular Hbond substituents is 3. The Morgan fingerprint density at radius 2 is 1.67 bits per heavy atom. The number of rotatable bonds is 1. The Hall–Kier alpha value is -1.91. The molecule has 1 aliphatic rings. The van der Waals surface area contributed by atoms with Crippen LogP contribution in [0, 0.1) is 0 Å². The van der Waals surface area contributed by atoms with Gasteiger partial charge in [0.15, 0.2) is 11.5 Å². The number of hydrogen-bond acceptors (Lipinski definition) is 4. The smallest absolute Gasteiger partial charge is 0.157 e. The van der Waals surface area contributed by atoms with Crippen molar-refractivity contribution < 1.29 is 15.3 Å². The number of hydrogen-bond donors (Lipinski definition) is 3. The van der Waals surface area contributed by atoms with Crippen molar-refractivity contribution in [2.75, 3.05) is 13.1 Å². The maximum Gasteiger partial charge on any atom is 0.157 e. The van der Waals surface area contributed by atoms with E-state index < -0.39 is 0 Å². The van der Waals surface area contributed by atoms with Gasteiger partial charge in [-0.3, -0.25) is 0 Å². The van der Waals surface area contributed by atoms with Gasteiger partial charge in [0.2, 0.25) is 0 Å². The maximum atomic E-state index is 9.81. The highest BCUT2D eigenvalue weighted by Crippen LogP contribution is 2.38. The molecule has 2 aromatic carbocycles. The molecule has 3 rings (SSSR count). The average Bonchev–Trinajstić information content (AvgIpc) is 2.61. The van der Waals surface area contributed by atoms with Crippen molar-refractivity contribution in [3.05, 3.63) is 53.1 Å². The van der Waals surface area contributed by atoms with Gasteiger partial charge in [0.25, 0.3) is 0 Å². The molecule has 1 aliphatic heterocycles. The lowest BCUT2D eigenvalue weighted by Crippen LogP contribution is -2.19. The monoisotopic (exact) mass is 305 g/mol. The zero-order chi connectivity index (χ0) is 15.0. The first-order valence-electron chi connectivity index (χ1n) is 6.79. The molecule has 110 valence electrons. The topological polar surface area (TPSA) is 63.9 Å². The van der Waals surface area contributed by atoms with Gasteiger partial charge in [0.1, 0.15) is 5.75 Å². The Kier molecular flexibility index (Phi) is 3.66. The number of aromatic hydroxyl groups is 3. The Morgan fingerprint density at radius 3 is 2.38 bits per heavy atom. The number of benzene rings is 2. The van der Waals surface area contributed by atoms with Gasteiger partial charge in [-0.15, -0.1) is 0 Å². The van der Waals surface area contributed by atoms with E-state index >= 15 is 0 Å². The van der Waals surface area contributed by atoms with Crippen LogP contribution in [-0.4, -0.2) is 32.8 Å². The third kappa shape index (κ3) is 2.77. The van der Waals surface area contributed by atoms with Crippen molar-refractivity contribution >= 4 is 11.8 Å². The van der Waals surface area contributed by atoms with Gasteiger partial charge >= 0.3 is 0 Å². The molecule has 0 aliphatic carbocycles. The van der Waals surface area contributed by atoms with E-state index in [0.29, 0.717) is 19.5 Å². The number of halogens is 1. The number of nitrogens with zero attached hydrogens (tertiary/aromatic N) is 1. The molecule has 0 spiro atoms. The molecule has 1 atom stereocenters. The molecule has 4 nitrogen and oxygen atoms in total. The first kappa shape index (κ1) is 14.0. The SMILES string of the molecule is Oc1ccc(C2CN(Cl)CCc3cc(O)c(O)cc32)cc1. The summed E-state index contributed by atoms with van der Waals surface area (Å²) in [5.41, 5.74) is 2.94. The highest BCUT2D eigenvalue weighted by atomic mass is 35.5. The summed E-state index contributed by atoms with van der Waals surface area (Å²) in [6.07, 6.45) is 0.710. The van der Waals surface area contributed by atoms with Crippen LogP contribution in [-0.2, 0) is 6.42 Å². The van der Waals surface area contributed by atoms with Crippen molar-refractivity contribution in [1.82, 2.24) is 4.42 Å². The van der Waals surface area contributed by atoms with E-state index in [0.717, 1.165) is 16.7 Å². The van der Waals surface area contributed by atoms with Crippen LogP contribution < -0.4 is 0 Å². The first-order valence-corrected chi connectivity index (χ1v) is 7.13. The van der Waals surface area contributed by atoms with Crippen LogP contribution in [0.25, 0.3) is 0 Å². The summed E-state index contributed by atoms with van der Waals surface area (Å²) in [4.78, 5) is 0. The minimum absolute atomic E-state index is 0.0212. The third-order valence-corrected chi connectivity index (χ3v) is 4.22. The summed E-state index contributed by atoms with van der Waals surface area (Å²) in [7, 11) is 0. The van der Waals surface area contributed by atoms with E-state index in [4.69, 9.17) is 11.8 Å². The maximum absolute atomic E-state index is 9.81. The average molecular weight is 306 g/mol. The summed E-state index contributed by atoms with van der Waals surface area (Å²) in [6, 6.07) is 10.2. The van der Waals surface area contributed by atoms with Crippen LogP contribution in [0.5, 0.6) is 17.2 Å². The quantitative estimate of drug-likeness (QED) is 0.560. The van der Waals surface area contributed by atoms with Gasteiger partial charge < -0.3 is 15.3 Å². The van der Waals surface area contributed by atoms with Crippen molar-refractivity contribution in [3.8, 4) is 17.2 Å². The second-order valence-electron chi connectivity index (χ2n) is 5.30. The molecule has 2 aromatic rings. The summed E-state index contributed by atoms with van der Waals surface area (Å²) < 4.78 is 1.71. The van der Waals surface area contributed by atoms with Crippen molar-refractivity contribution in [2.45, 2.75) is 12.3 Å². The van der Waals surface area contributed by atoms with Crippen LogP contribution in [0.1, 0.15) is 22.6 Å². The Labute approximate surface area is 127 Å². The Morgan fingerprint density at radius 1 is 1.00 bits per heavy atom. The van der Waals surface area contributed by atoms with Gasteiger partial charge in [-0.25, -0.2) is 4.42 Å². The second kappa shape index (κ2) is 5.47. The minimum atomic E-state index is -0.124. The molecular formula is C16H16ClNO3. The fourth-order valence-electron chi connectivity index (χ4n) is 2.80. The fourth-order valence-corrected chi connectivity index (χ4v) is 3.02. The van der Waals surface area contributed by atoms with Crippen molar-refractivity contribution in [3.63, 3.8) is 0 Å². The number of fused-ring (bicyclic) bond motifs is 1. The highest BCUT2D eigenvalue weighted by molar-refractivity contribution is 6.13. The molecule has 0 amide bonds. The van der Waals surface area contributed by atoms with Crippen LogP contribution in [0.15, 0.2) is 36.4 Å². The zero-order valence-corrected chi connectivity index (χ0v) is 12.1. The molecule has 0 fully saturated rings. The lowest BCUT2D eigenvalue weighted by Gasteiger charge is -2.21. The van der Waals surface area contributed by atoms with Crippen LogP contribution in [0.4, 0.5) is 0 Å². The van der Waals surface area contributed by atoms with E-state index in [-0.39, 0.29) is 23.2 Å². The fraction of sp³-hybridized carbons (Fsp3) is 0.250. The molecule has 3 N–H and O–H groups in total. The summed E-state index contributed by atoms with van der Waals surface area (Å²) in [5, 5.41) is 28.9. The van der Waals surface area contributed by atoms with E-state index in [1.807, 2.05) is 12.1 Å². The third-order valence-electron chi connectivity index (χ3n) is 3.91. The normalized spacial score (nSPS) is 19.0. The molecule has 0 bridgehead atoms. The number of phenols is 3. The molecular weight excluding hydrogens is 290 g/mol. The molecule has 21 heavy (non-hydrogen) atoms. The molecule has 5 heteroatoms. The summed E-state index contributed by atoms with van der Waals surface area (Å²) >= 11 is 6.23. The van der Waals surface area contributed by atoms with Gasteiger partial charge in [0.05, 0.1) is 0 Å². The Bertz CT molecular complexity index is 657. The summed E-state index contributed by atoms with van der Waals surface area (Å²) in [6.45, 7) is 1.27. The lowest BCUT2D eigenvalue weighted by atomic mass is 9.88. The lowest BCUT2D eigenvalue weighted by molar-refractivity contribution is 0.402. The van der Waals surface area contributed by atoms with Crippen molar-refractivity contribution in [1.29, 1.82) is 0 Å². The largest absolute Gasteiger partial charge is 0.508 e. The van der Waals surface area contributed by atoms with E-state index in [1.54, 1.807) is 28.7 Å². The molecule has 1 unspecified atom stereocenters. The van der Waals surface area contributed by atoms with Crippen molar-refractivity contribution in [2.24, 2.45) is 0 Å². The van der Waals surface area contributed by atoms with Crippen LogP contribution >= 0.6 is 11.8 Å². The first-order chi connectivity index (χ1) is 10.0. The molecule has 0 radical (unpaired) electrons. The van der Waals surface area contributed by atoms with Crippen LogP contribution in [0.3, 0.4) is 0 Å².